The van der Waals surface area contributed by atoms with E-state index in [1.807, 2.05) is 6.92 Å². The van der Waals surface area contributed by atoms with Gasteiger partial charge >= 0.3 is 0 Å². The van der Waals surface area contributed by atoms with Gasteiger partial charge in [0.25, 0.3) is 0 Å². The van der Waals surface area contributed by atoms with Crippen LogP contribution in [-0.2, 0) is 0 Å². The second kappa shape index (κ2) is 9.89. The van der Waals surface area contributed by atoms with Crippen molar-refractivity contribution in [3.8, 4) is 0 Å². The lowest BCUT2D eigenvalue weighted by Crippen LogP contribution is -2.33. The summed E-state index contributed by atoms with van der Waals surface area (Å²) >= 11 is 0. The second-order valence-corrected chi connectivity index (χ2v) is 4.22. The zero-order valence-corrected chi connectivity index (χ0v) is 14.3. The Hall–Kier alpha value is -0.980. The molecular formula is C14H25IN4. The van der Waals surface area contributed by atoms with E-state index in [-0.39, 0.29) is 24.0 Å². The number of halogens is 1. The van der Waals surface area contributed by atoms with E-state index >= 15 is 0 Å². The molecule has 0 atom stereocenters. The SMILES string of the molecule is CCNC(N)=NCCN(CC)c1cccc(C)c1.I. The van der Waals surface area contributed by atoms with E-state index in [4.69, 9.17) is 5.73 Å². The highest BCUT2D eigenvalue weighted by Crippen LogP contribution is 2.15. The fourth-order valence-corrected chi connectivity index (χ4v) is 1.82. The minimum absolute atomic E-state index is 0. The van der Waals surface area contributed by atoms with Crippen molar-refractivity contribution >= 4 is 35.6 Å². The van der Waals surface area contributed by atoms with Crippen molar-refractivity contribution < 1.29 is 0 Å². The first-order chi connectivity index (χ1) is 8.67. The maximum atomic E-state index is 5.70. The molecule has 0 saturated carbocycles. The van der Waals surface area contributed by atoms with E-state index in [0.717, 1.165) is 19.6 Å². The number of nitrogens with one attached hydrogen (secondary N) is 1. The Bertz CT molecular complexity index is 393. The standard InChI is InChI=1S/C14H24N4.HI/c1-4-16-14(15)17-9-10-18(5-2)13-8-6-7-12(3)11-13;/h6-8,11H,4-5,9-10H2,1-3H3,(H3,15,16,17);1H. The van der Waals surface area contributed by atoms with Crippen molar-refractivity contribution in [2.45, 2.75) is 20.8 Å². The Balaban J connectivity index is 0.00000324. The van der Waals surface area contributed by atoms with Crippen LogP contribution in [0.3, 0.4) is 0 Å². The monoisotopic (exact) mass is 376 g/mol. The Kier molecular flexibility index (Phi) is 9.38. The van der Waals surface area contributed by atoms with Gasteiger partial charge < -0.3 is 16.0 Å². The molecule has 0 radical (unpaired) electrons. The number of aliphatic imine (C=N–C) groups is 1. The topological polar surface area (TPSA) is 53.6 Å². The Morgan fingerprint density at radius 1 is 1.37 bits per heavy atom. The van der Waals surface area contributed by atoms with Crippen molar-refractivity contribution in [2.75, 3.05) is 31.1 Å². The molecule has 0 aliphatic rings. The molecule has 5 heteroatoms. The van der Waals surface area contributed by atoms with Crippen molar-refractivity contribution in [3.05, 3.63) is 29.8 Å². The van der Waals surface area contributed by atoms with E-state index in [2.05, 4.69) is 53.3 Å². The molecule has 1 rings (SSSR count). The summed E-state index contributed by atoms with van der Waals surface area (Å²) in [6.07, 6.45) is 0. The number of nitrogens with zero attached hydrogens (tertiary/aromatic N) is 2. The zero-order valence-electron chi connectivity index (χ0n) is 12.0. The maximum absolute atomic E-state index is 5.70. The molecule has 0 amide bonds. The summed E-state index contributed by atoms with van der Waals surface area (Å²) in [5, 5.41) is 3.00. The Morgan fingerprint density at radius 3 is 2.68 bits per heavy atom. The third kappa shape index (κ3) is 6.66. The minimum atomic E-state index is 0. The molecule has 0 bridgehead atoms. The van der Waals surface area contributed by atoms with Crippen molar-refractivity contribution in [1.82, 2.24) is 5.32 Å². The number of aryl methyl sites for hydroxylation is 1. The molecule has 1 aromatic rings. The number of guanidine groups is 1. The predicted octanol–water partition coefficient (Wildman–Crippen LogP) is 2.36. The van der Waals surface area contributed by atoms with Crippen LogP contribution in [0.2, 0.25) is 0 Å². The summed E-state index contributed by atoms with van der Waals surface area (Å²) in [5.74, 6) is 0.526. The summed E-state index contributed by atoms with van der Waals surface area (Å²) in [5.41, 5.74) is 8.22. The van der Waals surface area contributed by atoms with Gasteiger partial charge in [-0.1, -0.05) is 12.1 Å². The van der Waals surface area contributed by atoms with Gasteiger partial charge in [-0.2, -0.15) is 0 Å². The molecule has 0 aromatic heterocycles. The van der Waals surface area contributed by atoms with Crippen molar-refractivity contribution in [3.63, 3.8) is 0 Å². The molecule has 0 saturated heterocycles. The average Bonchev–Trinajstić information content (AvgIpc) is 2.35. The van der Waals surface area contributed by atoms with E-state index in [9.17, 15) is 0 Å². The first-order valence-electron chi connectivity index (χ1n) is 6.52. The van der Waals surface area contributed by atoms with Gasteiger partial charge in [0.05, 0.1) is 6.54 Å². The van der Waals surface area contributed by atoms with Gasteiger partial charge in [0.1, 0.15) is 0 Å². The quantitative estimate of drug-likeness (QED) is 0.455. The molecule has 108 valence electrons. The Labute approximate surface area is 133 Å². The van der Waals surface area contributed by atoms with E-state index < -0.39 is 0 Å². The number of hydrogen-bond donors (Lipinski definition) is 2. The van der Waals surface area contributed by atoms with Gasteiger partial charge in [0, 0.05) is 25.3 Å². The lowest BCUT2D eigenvalue weighted by Gasteiger charge is -2.22. The lowest BCUT2D eigenvalue weighted by atomic mass is 10.2. The largest absolute Gasteiger partial charge is 0.370 e. The fourth-order valence-electron chi connectivity index (χ4n) is 1.82. The number of likely N-dealkylation sites (N-methyl/N-ethyl adjacent to an activating group) is 1. The highest BCUT2D eigenvalue weighted by Gasteiger charge is 2.03. The molecule has 0 heterocycles. The third-order valence-electron chi connectivity index (χ3n) is 2.76. The molecule has 1 aromatic carbocycles. The predicted molar refractivity (Wildman–Crippen MR) is 94.6 cm³/mol. The van der Waals surface area contributed by atoms with Crippen LogP contribution in [0.4, 0.5) is 5.69 Å². The summed E-state index contributed by atoms with van der Waals surface area (Å²) in [6, 6.07) is 8.52. The van der Waals surface area contributed by atoms with Gasteiger partial charge in [-0.3, -0.25) is 4.99 Å². The highest BCUT2D eigenvalue weighted by molar-refractivity contribution is 14.0. The molecule has 0 aliphatic heterocycles. The summed E-state index contributed by atoms with van der Waals surface area (Å²) in [4.78, 5) is 6.59. The zero-order chi connectivity index (χ0) is 13.4. The van der Waals surface area contributed by atoms with Gasteiger partial charge in [-0.15, -0.1) is 24.0 Å². The molecule has 0 spiro atoms. The van der Waals surface area contributed by atoms with Crippen LogP contribution >= 0.6 is 24.0 Å². The average molecular weight is 376 g/mol. The van der Waals surface area contributed by atoms with Crippen LogP contribution in [0.1, 0.15) is 19.4 Å². The molecule has 0 unspecified atom stereocenters. The van der Waals surface area contributed by atoms with Crippen LogP contribution in [0.15, 0.2) is 29.3 Å². The fraction of sp³-hybridized carbons (Fsp3) is 0.500. The summed E-state index contributed by atoms with van der Waals surface area (Å²) < 4.78 is 0. The van der Waals surface area contributed by atoms with Crippen LogP contribution in [-0.4, -0.2) is 32.1 Å². The molecule has 3 N–H and O–H groups in total. The normalized spacial score (nSPS) is 10.8. The molecule has 19 heavy (non-hydrogen) atoms. The van der Waals surface area contributed by atoms with Gasteiger partial charge in [-0.05, 0) is 38.5 Å². The van der Waals surface area contributed by atoms with Crippen molar-refractivity contribution in [1.29, 1.82) is 0 Å². The van der Waals surface area contributed by atoms with Gasteiger partial charge in [-0.25, -0.2) is 0 Å². The van der Waals surface area contributed by atoms with Crippen molar-refractivity contribution in [2.24, 2.45) is 10.7 Å². The lowest BCUT2D eigenvalue weighted by molar-refractivity contribution is 0.809. The molecule has 4 nitrogen and oxygen atoms in total. The van der Waals surface area contributed by atoms with Crippen LogP contribution in [0.5, 0.6) is 0 Å². The number of nitrogens with two attached hydrogens (primary N) is 1. The van der Waals surface area contributed by atoms with E-state index in [0.29, 0.717) is 12.5 Å². The second-order valence-electron chi connectivity index (χ2n) is 4.22. The highest BCUT2D eigenvalue weighted by atomic mass is 127. The van der Waals surface area contributed by atoms with E-state index in [1.54, 1.807) is 0 Å². The molecular weight excluding hydrogens is 351 g/mol. The Morgan fingerprint density at radius 2 is 2.11 bits per heavy atom. The number of rotatable bonds is 6. The number of hydrogen-bond acceptors (Lipinski definition) is 2. The maximum Gasteiger partial charge on any atom is 0.188 e. The molecule has 0 fully saturated rings. The summed E-state index contributed by atoms with van der Waals surface area (Å²) in [7, 11) is 0. The first kappa shape index (κ1) is 18.0. The third-order valence-corrected chi connectivity index (χ3v) is 2.76. The number of benzene rings is 1. The van der Waals surface area contributed by atoms with Gasteiger partial charge in [0.15, 0.2) is 5.96 Å². The van der Waals surface area contributed by atoms with Crippen LogP contribution < -0.4 is 16.0 Å². The minimum Gasteiger partial charge on any atom is -0.370 e. The molecule has 0 aliphatic carbocycles. The van der Waals surface area contributed by atoms with E-state index in [1.165, 1.54) is 11.3 Å². The van der Waals surface area contributed by atoms with Crippen LogP contribution in [0, 0.1) is 6.92 Å². The smallest absolute Gasteiger partial charge is 0.188 e. The summed E-state index contributed by atoms with van der Waals surface area (Å²) in [6.45, 7) is 9.64. The van der Waals surface area contributed by atoms with Crippen LogP contribution in [0.25, 0.3) is 0 Å². The first-order valence-corrected chi connectivity index (χ1v) is 6.52. The van der Waals surface area contributed by atoms with Gasteiger partial charge in [0.2, 0.25) is 0 Å². The number of anilines is 1.